The number of rotatable bonds is 30. The van der Waals surface area contributed by atoms with Crippen molar-refractivity contribution in [2.24, 2.45) is 23.2 Å². The van der Waals surface area contributed by atoms with E-state index in [1.165, 1.54) is 245 Å². The molecule has 0 N–H and O–H groups in total. The first-order valence-electron chi connectivity index (χ1n) is 39.9. The first-order valence-corrected chi connectivity index (χ1v) is 39.9. The summed E-state index contributed by atoms with van der Waals surface area (Å²) in [4.78, 5) is 0. The molecule has 0 bridgehead atoms. The molecule has 0 spiro atoms. The van der Waals surface area contributed by atoms with E-state index in [9.17, 15) is 0 Å². The largest absolute Gasteiger partial charge is 0.382 e. The lowest BCUT2D eigenvalue weighted by Gasteiger charge is -2.26. The minimum atomic E-state index is 0.435. The third-order valence-electron chi connectivity index (χ3n) is 20.1. The van der Waals surface area contributed by atoms with Gasteiger partial charge in [-0.25, -0.2) is 0 Å². The van der Waals surface area contributed by atoms with E-state index >= 15 is 0 Å². The molecule has 0 radical (unpaired) electrons. The average molecular weight is 1280 g/mol. The lowest BCUT2D eigenvalue weighted by Crippen LogP contribution is -2.21. The van der Waals surface area contributed by atoms with Crippen LogP contribution in [0.25, 0.3) is 10.8 Å². The van der Waals surface area contributed by atoms with Gasteiger partial charge in [-0.3, -0.25) is 0 Å². The topological polar surface area (TPSA) is 18.5 Å². The van der Waals surface area contributed by atoms with Crippen LogP contribution in [0.1, 0.15) is 410 Å². The van der Waals surface area contributed by atoms with E-state index in [1.54, 1.807) is 7.11 Å². The number of ether oxygens (including phenoxy) is 2. The second kappa shape index (κ2) is 65.4. The molecule has 4 aromatic carbocycles. The number of hydrogen-bond donors (Lipinski definition) is 0. The highest BCUT2D eigenvalue weighted by Crippen LogP contribution is 2.31. The molecule has 0 aromatic heterocycles. The van der Waals surface area contributed by atoms with Gasteiger partial charge in [0.05, 0.1) is 18.3 Å². The van der Waals surface area contributed by atoms with Crippen LogP contribution in [0, 0.1) is 30.1 Å². The molecule has 536 valence electrons. The average Bonchev–Trinajstić information content (AvgIpc) is 1.53. The summed E-state index contributed by atoms with van der Waals surface area (Å²) >= 11 is 0. The van der Waals surface area contributed by atoms with Gasteiger partial charge in [-0.2, -0.15) is 0 Å². The van der Waals surface area contributed by atoms with Crippen molar-refractivity contribution in [1.29, 1.82) is 0 Å². The summed E-state index contributed by atoms with van der Waals surface area (Å²) in [6.45, 7) is 49.2. The molecule has 0 saturated heterocycles. The van der Waals surface area contributed by atoms with Crippen molar-refractivity contribution in [2.75, 3.05) is 7.11 Å². The molecule has 7 atom stereocenters. The van der Waals surface area contributed by atoms with Crippen LogP contribution in [-0.2, 0) is 9.47 Å². The molecule has 2 fully saturated rings. The Morgan fingerprint density at radius 1 is 0.402 bits per heavy atom. The van der Waals surface area contributed by atoms with Crippen LogP contribution in [0.15, 0.2) is 97.1 Å². The van der Waals surface area contributed by atoms with E-state index in [4.69, 9.17) is 9.47 Å². The Kier molecular flexibility index (Phi) is 66.2. The van der Waals surface area contributed by atoms with Crippen molar-refractivity contribution in [1.82, 2.24) is 0 Å². The second-order valence-electron chi connectivity index (χ2n) is 29.5. The summed E-state index contributed by atoms with van der Waals surface area (Å²) in [5.74, 6) is 5.07. The van der Waals surface area contributed by atoms with Gasteiger partial charge >= 0.3 is 0 Å². The van der Waals surface area contributed by atoms with Crippen LogP contribution in [0.4, 0.5) is 0 Å². The summed E-state index contributed by atoms with van der Waals surface area (Å²) in [7, 11) is 1.73. The Morgan fingerprint density at radius 2 is 0.826 bits per heavy atom. The van der Waals surface area contributed by atoms with Crippen molar-refractivity contribution in [2.45, 2.75) is 413 Å². The molecule has 2 aliphatic carbocycles. The highest BCUT2D eigenvalue weighted by molar-refractivity contribution is 5.86. The Labute approximate surface area is 579 Å². The predicted octanol–water partition coefficient (Wildman–Crippen LogP) is 31.4. The van der Waals surface area contributed by atoms with E-state index < -0.39 is 0 Å². The molecule has 2 aliphatic rings. The van der Waals surface area contributed by atoms with Gasteiger partial charge in [0.15, 0.2) is 0 Å². The lowest BCUT2D eigenvalue weighted by molar-refractivity contribution is -0.0220. The van der Waals surface area contributed by atoms with Crippen LogP contribution < -0.4 is 0 Å². The Morgan fingerprint density at radius 3 is 1.23 bits per heavy atom. The number of aryl methyl sites for hydroxylation is 1. The normalized spacial score (nSPS) is 15.2. The molecule has 0 amide bonds. The molecule has 2 saturated carbocycles. The van der Waals surface area contributed by atoms with Gasteiger partial charge in [0, 0.05) is 7.11 Å². The smallest absolute Gasteiger partial charge is 0.0578 e. The number of fused-ring (bicyclic) bond motifs is 1. The van der Waals surface area contributed by atoms with Crippen LogP contribution in [0.2, 0.25) is 0 Å². The van der Waals surface area contributed by atoms with Crippen LogP contribution in [0.5, 0.6) is 0 Å². The zero-order valence-corrected chi connectivity index (χ0v) is 66.5. The minimum Gasteiger partial charge on any atom is -0.382 e. The number of hydrogen-bond acceptors (Lipinski definition) is 2. The fraction of sp³-hybridized carbons (Fsp3) is 0.756. The maximum Gasteiger partial charge on any atom is 0.0578 e. The third-order valence-corrected chi connectivity index (χ3v) is 20.1. The van der Waals surface area contributed by atoms with Gasteiger partial charge in [-0.15, -0.1) is 0 Å². The van der Waals surface area contributed by atoms with Gasteiger partial charge < -0.3 is 9.47 Å². The fourth-order valence-electron chi connectivity index (χ4n) is 10.8. The van der Waals surface area contributed by atoms with Crippen molar-refractivity contribution in [3.63, 3.8) is 0 Å². The molecule has 0 heterocycles. The molecule has 7 unspecified atom stereocenters. The van der Waals surface area contributed by atoms with E-state index in [0.717, 1.165) is 30.6 Å². The van der Waals surface area contributed by atoms with E-state index in [2.05, 4.69) is 249 Å². The van der Waals surface area contributed by atoms with Crippen LogP contribution >= 0.6 is 0 Å². The number of unbranched alkanes of at least 4 members (excludes halogenated alkanes) is 14. The Hall–Kier alpha value is -2.94. The van der Waals surface area contributed by atoms with Gasteiger partial charge in [-0.05, 0) is 134 Å². The van der Waals surface area contributed by atoms with Gasteiger partial charge in [0.1, 0.15) is 0 Å². The molecular formula is C90H164O2. The monoisotopic (exact) mass is 1280 g/mol. The predicted molar refractivity (Wildman–Crippen MR) is 423 cm³/mol. The Balaban J connectivity index is -0.000000999. The molecule has 2 nitrogen and oxygen atoms in total. The van der Waals surface area contributed by atoms with Gasteiger partial charge in [0.2, 0.25) is 0 Å². The first-order chi connectivity index (χ1) is 44.2. The van der Waals surface area contributed by atoms with Crippen LogP contribution in [0.3, 0.4) is 0 Å². The summed E-state index contributed by atoms with van der Waals surface area (Å²) < 4.78 is 10.7. The minimum absolute atomic E-state index is 0.435. The molecular weight excluding hydrogens is 1110 g/mol. The van der Waals surface area contributed by atoms with E-state index in [0.29, 0.717) is 41.5 Å². The number of methoxy groups -OCH3 is 1. The third kappa shape index (κ3) is 55.2. The quantitative estimate of drug-likeness (QED) is 0.0485. The highest BCUT2D eigenvalue weighted by Gasteiger charge is 2.18. The summed E-state index contributed by atoms with van der Waals surface area (Å²) in [6.07, 6.45) is 50.3. The summed E-state index contributed by atoms with van der Waals surface area (Å²) in [5, 5.41) is 2.76. The standard InChI is InChI=1S/C20H42.C14H16.C11H16.C10H20O.C10H20.C10H14.C6H14.C5H12O.C4H10/c1-4-6-7-8-9-10-11-12-13-14-15-16-17-18-19-20(3)5-2;1-3-11(2)13-10-6-8-12-7-4-5-9-14(12)13;1-4-10(3)11-7-5-9(2)6-8-11;1-3-9(2)11-10-7-5-4-6-8-10;2*1-3-9(2)10-7-5-4-6-8-10;1-5-6(2,3)4;1-4-5(2)6-3;1-3-4-2/h20H,4-19H2,1-3H3;4-11H,3H2,1-2H3;5-8,10H,4H2,1-3H3;9-10H,3-8H2,1-2H3;9-10H,3-8H2,1-2H3;4-9H,3H2,1-2H3;5H2,1-4H3;5H,4H2,1-3H3;3-4H2,1-2H3. The van der Waals surface area contributed by atoms with Crippen molar-refractivity contribution < 1.29 is 9.47 Å². The summed E-state index contributed by atoms with van der Waals surface area (Å²) in [5.41, 5.74) is 6.27. The van der Waals surface area contributed by atoms with Crippen molar-refractivity contribution in [3.05, 3.63) is 119 Å². The lowest BCUT2D eigenvalue weighted by atomic mass is 9.80. The SMILES string of the molecule is CCC(C)(C)C.CCC(C)C1CCCCC1.CCC(C)OC.CCC(C)OC1CCCCC1.CCC(C)c1ccc(C)cc1.CCC(C)c1cccc2ccccc12.CCC(C)c1ccccc1.CCCC.CCCCCCCCCCCCCCCCC(C)CC. The molecule has 0 aliphatic heterocycles. The molecule has 4 aromatic rings. The van der Waals surface area contributed by atoms with Crippen LogP contribution in [-0.4, -0.2) is 25.4 Å². The molecule has 92 heavy (non-hydrogen) atoms. The zero-order valence-electron chi connectivity index (χ0n) is 66.5. The summed E-state index contributed by atoms with van der Waals surface area (Å²) in [6, 6.07) is 34.7. The van der Waals surface area contributed by atoms with Gasteiger partial charge in [0.25, 0.3) is 0 Å². The highest BCUT2D eigenvalue weighted by atomic mass is 16.5. The zero-order chi connectivity index (χ0) is 69.6. The van der Waals surface area contributed by atoms with Gasteiger partial charge in [-0.1, -0.05) is 414 Å². The molecule has 6 rings (SSSR count). The maximum absolute atomic E-state index is 5.84. The first kappa shape index (κ1) is 93.2. The molecule has 2 heteroatoms. The fourth-order valence-corrected chi connectivity index (χ4v) is 10.8. The number of benzene rings is 4. The van der Waals surface area contributed by atoms with E-state index in [1.807, 2.05) is 0 Å². The Bertz CT molecular complexity index is 2040. The second-order valence-corrected chi connectivity index (χ2v) is 29.5. The maximum atomic E-state index is 5.84. The van der Waals surface area contributed by atoms with Crippen molar-refractivity contribution in [3.8, 4) is 0 Å². The van der Waals surface area contributed by atoms with Crippen molar-refractivity contribution >= 4 is 10.8 Å². The van der Waals surface area contributed by atoms with E-state index in [-0.39, 0.29) is 0 Å².